The van der Waals surface area contributed by atoms with E-state index in [-0.39, 0.29) is 11.1 Å². The average molecular weight is 213 g/mol. The molecule has 0 unspecified atom stereocenters. The van der Waals surface area contributed by atoms with Crippen LogP contribution in [0.4, 0.5) is 5.69 Å². The van der Waals surface area contributed by atoms with Crippen LogP contribution in [0.25, 0.3) is 0 Å². The smallest absolute Gasteiger partial charge is 0.313 e. The van der Waals surface area contributed by atoms with Gasteiger partial charge in [-0.15, -0.1) is 0 Å². The Morgan fingerprint density at radius 3 is 2.56 bits per heavy atom. The first-order valence-corrected chi connectivity index (χ1v) is 3.91. The number of rotatable bonds is 1. The number of nitro benzene ring substituents is 1. The first-order valence-electron chi connectivity index (χ1n) is 3.91. The average Bonchev–Trinajstić information content (AvgIpc) is 2.27. The predicted molar refractivity (Wildman–Crippen MR) is 52.0 cm³/mol. The van der Waals surface area contributed by atoms with Gasteiger partial charge in [0.2, 0.25) is 5.75 Å². The molecule has 0 bridgehead atoms. The lowest BCUT2D eigenvalue weighted by molar-refractivity contribution is -0.385. The van der Waals surface area contributed by atoms with Gasteiger partial charge in [-0.1, -0.05) is 0 Å². The lowest BCUT2D eigenvalue weighted by Crippen LogP contribution is -1.92. The second kappa shape index (κ2) is 4.45. The van der Waals surface area contributed by atoms with E-state index < -0.39 is 16.4 Å². The summed E-state index contributed by atoms with van der Waals surface area (Å²) in [5.74, 6) is 3.56. The molecular formula is C10H3N3O3. The second-order valence-corrected chi connectivity index (χ2v) is 2.62. The Morgan fingerprint density at radius 2 is 2.06 bits per heavy atom. The largest absolute Gasteiger partial charge is 0.501 e. The highest BCUT2D eigenvalue weighted by Crippen LogP contribution is 2.30. The third-order valence-corrected chi connectivity index (χ3v) is 1.67. The molecule has 1 aromatic carbocycles. The number of hydrogen-bond donors (Lipinski definition) is 1. The van der Waals surface area contributed by atoms with Gasteiger partial charge >= 0.3 is 5.69 Å². The summed E-state index contributed by atoms with van der Waals surface area (Å²) in [5, 5.41) is 36.8. The van der Waals surface area contributed by atoms with Crippen molar-refractivity contribution in [2.24, 2.45) is 0 Å². The van der Waals surface area contributed by atoms with E-state index in [0.717, 1.165) is 6.07 Å². The van der Waals surface area contributed by atoms with E-state index in [2.05, 4.69) is 5.92 Å². The first kappa shape index (κ1) is 11.0. The third kappa shape index (κ3) is 2.06. The maximum absolute atomic E-state index is 10.5. The Bertz CT molecular complexity index is 597. The number of nitrogens with zero attached hydrogens (tertiary/aromatic N) is 3. The summed E-state index contributed by atoms with van der Waals surface area (Å²) in [6.07, 6.45) is 0. The molecule has 0 heterocycles. The molecule has 0 radical (unpaired) electrons. The highest BCUT2D eigenvalue weighted by molar-refractivity contribution is 5.61. The van der Waals surface area contributed by atoms with Crippen LogP contribution in [0.1, 0.15) is 11.1 Å². The summed E-state index contributed by atoms with van der Waals surface area (Å²) >= 11 is 0. The van der Waals surface area contributed by atoms with Gasteiger partial charge < -0.3 is 5.11 Å². The van der Waals surface area contributed by atoms with Crippen LogP contribution in [-0.2, 0) is 0 Å². The van der Waals surface area contributed by atoms with Crippen LogP contribution in [0.5, 0.6) is 5.75 Å². The fourth-order valence-electron chi connectivity index (χ4n) is 1.01. The van der Waals surface area contributed by atoms with Gasteiger partial charge in [-0.3, -0.25) is 10.1 Å². The molecule has 6 heteroatoms. The number of phenols is 1. The molecule has 6 nitrogen and oxygen atoms in total. The minimum Gasteiger partial charge on any atom is -0.501 e. The van der Waals surface area contributed by atoms with E-state index in [1.807, 2.05) is 5.92 Å². The monoisotopic (exact) mass is 213 g/mol. The fourth-order valence-corrected chi connectivity index (χ4v) is 1.01. The van der Waals surface area contributed by atoms with Gasteiger partial charge in [0.1, 0.15) is 0 Å². The van der Waals surface area contributed by atoms with Crippen molar-refractivity contribution >= 4 is 5.69 Å². The van der Waals surface area contributed by atoms with Crippen molar-refractivity contribution in [2.75, 3.05) is 0 Å². The quantitative estimate of drug-likeness (QED) is 0.425. The third-order valence-electron chi connectivity index (χ3n) is 1.67. The lowest BCUT2D eigenvalue weighted by Gasteiger charge is -1.99. The first-order chi connectivity index (χ1) is 7.60. The number of benzene rings is 1. The number of aromatic hydroxyl groups is 1. The van der Waals surface area contributed by atoms with Crippen LogP contribution < -0.4 is 0 Å². The summed E-state index contributed by atoms with van der Waals surface area (Å²) in [6.45, 7) is 0. The van der Waals surface area contributed by atoms with E-state index in [9.17, 15) is 15.2 Å². The van der Waals surface area contributed by atoms with Crippen molar-refractivity contribution in [1.29, 1.82) is 10.5 Å². The topological polar surface area (TPSA) is 111 Å². The molecule has 0 saturated heterocycles. The van der Waals surface area contributed by atoms with Crippen LogP contribution >= 0.6 is 0 Å². The zero-order valence-electron chi connectivity index (χ0n) is 7.76. The molecule has 0 aliphatic rings. The minimum atomic E-state index is -0.826. The molecule has 0 aromatic heterocycles. The maximum Gasteiger partial charge on any atom is 0.313 e. The second-order valence-electron chi connectivity index (χ2n) is 2.62. The Morgan fingerprint density at radius 1 is 1.38 bits per heavy atom. The fraction of sp³-hybridized carbons (Fsp3) is 0. The summed E-state index contributed by atoms with van der Waals surface area (Å²) in [5.41, 5.74) is -0.736. The zero-order chi connectivity index (χ0) is 12.1. The Balaban J connectivity index is 3.52. The summed E-state index contributed by atoms with van der Waals surface area (Å²) in [6, 6.07) is 5.32. The van der Waals surface area contributed by atoms with Crippen molar-refractivity contribution in [3.05, 3.63) is 33.4 Å². The number of nitriles is 2. The summed E-state index contributed by atoms with van der Waals surface area (Å²) in [4.78, 5) is 9.71. The van der Waals surface area contributed by atoms with Crippen LogP contribution in [0, 0.1) is 44.6 Å². The molecule has 1 N–H and O–H groups in total. The van der Waals surface area contributed by atoms with Gasteiger partial charge in [0, 0.05) is 12.0 Å². The van der Waals surface area contributed by atoms with Gasteiger partial charge in [0.05, 0.1) is 22.1 Å². The van der Waals surface area contributed by atoms with Crippen molar-refractivity contribution in [1.82, 2.24) is 0 Å². The van der Waals surface area contributed by atoms with E-state index in [1.54, 1.807) is 6.07 Å². The molecule has 0 saturated carbocycles. The molecule has 0 atom stereocenters. The van der Waals surface area contributed by atoms with Gasteiger partial charge in [-0.25, -0.2) is 0 Å². The molecule has 0 fully saturated rings. The van der Waals surface area contributed by atoms with Crippen LogP contribution in [0.2, 0.25) is 0 Å². The SMILES string of the molecule is N#CC#Cc1cc(C#N)cc([N+](=O)[O-])c1O. The summed E-state index contributed by atoms with van der Waals surface area (Å²) < 4.78 is 0. The van der Waals surface area contributed by atoms with E-state index in [0.29, 0.717) is 0 Å². The standard InChI is InChI=1S/C10H3N3O3/c11-3-1-2-8-4-7(6-12)5-9(10(8)14)13(15)16/h4-5,14H. The lowest BCUT2D eigenvalue weighted by atomic mass is 10.1. The predicted octanol–water partition coefficient (Wildman–Crippen LogP) is 1.05. The van der Waals surface area contributed by atoms with Crippen LogP contribution in [0.15, 0.2) is 12.1 Å². The Hall–Kier alpha value is -3.04. The molecule has 1 rings (SSSR count). The highest BCUT2D eigenvalue weighted by Gasteiger charge is 2.18. The van der Waals surface area contributed by atoms with Crippen molar-refractivity contribution in [3.63, 3.8) is 0 Å². The van der Waals surface area contributed by atoms with Gasteiger partial charge in [-0.05, 0) is 12.0 Å². The molecule has 76 valence electrons. The molecule has 0 aliphatic carbocycles. The summed E-state index contributed by atoms with van der Waals surface area (Å²) in [7, 11) is 0. The number of hydrogen-bond acceptors (Lipinski definition) is 5. The molecule has 16 heavy (non-hydrogen) atoms. The van der Waals surface area contributed by atoms with E-state index in [1.165, 1.54) is 12.1 Å². The molecule has 0 amide bonds. The van der Waals surface area contributed by atoms with Gasteiger partial charge in [0.15, 0.2) is 6.07 Å². The highest BCUT2D eigenvalue weighted by atomic mass is 16.6. The van der Waals surface area contributed by atoms with Crippen LogP contribution in [0.3, 0.4) is 0 Å². The number of phenolic OH excluding ortho intramolecular Hbond substituents is 1. The molecular weight excluding hydrogens is 210 g/mol. The zero-order valence-corrected chi connectivity index (χ0v) is 7.76. The van der Waals surface area contributed by atoms with Crippen molar-refractivity contribution in [2.45, 2.75) is 0 Å². The minimum absolute atomic E-state index is 0.00765. The van der Waals surface area contributed by atoms with Gasteiger partial charge in [0.25, 0.3) is 0 Å². The van der Waals surface area contributed by atoms with Crippen molar-refractivity contribution in [3.8, 4) is 29.7 Å². The molecule has 0 aliphatic heterocycles. The van der Waals surface area contributed by atoms with E-state index >= 15 is 0 Å². The normalized spacial score (nSPS) is 8.12. The van der Waals surface area contributed by atoms with Gasteiger partial charge in [-0.2, -0.15) is 10.5 Å². The maximum atomic E-state index is 10.5. The molecule has 1 aromatic rings. The van der Waals surface area contributed by atoms with Crippen LogP contribution in [-0.4, -0.2) is 10.0 Å². The van der Waals surface area contributed by atoms with E-state index in [4.69, 9.17) is 10.5 Å². The Kier molecular flexibility index (Phi) is 3.07. The molecule has 0 spiro atoms. The van der Waals surface area contributed by atoms with Crippen molar-refractivity contribution < 1.29 is 10.0 Å². The Labute approximate surface area is 90.1 Å². The number of nitro groups is 1.